The van der Waals surface area contributed by atoms with Gasteiger partial charge >= 0.3 is 0 Å². The van der Waals surface area contributed by atoms with Gasteiger partial charge < -0.3 is 5.11 Å². The van der Waals surface area contributed by atoms with E-state index in [0.29, 0.717) is 0 Å². The van der Waals surface area contributed by atoms with E-state index in [2.05, 4.69) is 31.9 Å². The van der Waals surface area contributed by atoms with Gasteiger partial charge in [-0.15, -0.1) is 0 Å². The molecular formula is C16H25N3O. The van der Waals surface area contributed by atoms with Crippen LogP contribution in [0.5, 0.6) is 0 Å². The molecular weight excluding hydrogens is 250 g/mol. The Labute approximate surface area is 121 Å². The van der Waals surface area contributed by atoms with E-state index in [1.807, 2.05) is 10.9 Å². The molecule has 1 unspecified atom stereocenters. The summed E-state index contributed by atoms with van der Waals surface area (Å²) < 4.78 is 1.84. The molecule has 2 rings (SSSR count). The van der Waals surface area contributed by atoms with Crippen LogP contribution in [-0.4, -0.2) is 14.9 Å². The summed E-state index contributed by atoms with van der Waals surface area (Å²) in [6.45, 7) is 7.41. The second-order valence-corrected chi connectivity index (χ2v) is 6.87. The zero-order valence-electron chi connectivity index (χ0n) is 12.8. The Morgan fingerprint density at radius 3 is 2.60 bits per heavy atom. The molecule has 1 aliphatic carbocycles. The predicted octanol–water partition coefficient (Wildman–Crippen LogP) is 3.44. The maximum atomic E-state index is 10.7. The van der Waals surface area contributed by atoms with E-state index in [9.17, 15) is 10.4 Å². The highest BCUT2D eigenvalue weighted by atomic mass is 16.3. The fourth-order valence-electron chi connectivity index (χ4n) is 3.01. The van der Waals surface area contributed by atoms with Crippen LogP contribution in [0.2, 0.25) is 0 Å². The van der Waals surface area contributed by atoms with Gasteiger partial charge in [0.1, 0.15) is 6.10 Å². The highest BCUT2D eigenvalue weighted by Gasteiger charge is 2.44. The molecule has 0 radical (unpaired) electrons. The Hall–Kier alpha value is -1.34. The molecule has 0 spiro atoms. The average molecular weight is 275 g/mol. The van der Waals surface area contributed by atoms with Crippen LogP contribution < -0.4 is 0 Å². The van der Waals surface area contributed by atoms with E-state index < -0.39 is 11.5 Å². The summed E-state index contributed by atoms with van der Waals surface area (Å²) in [5, 5.41) is 24.6. The number of nitrogens with zero attached hydrogens (tertiary/aromatic N) is 3. The number of aliphatic hydroxyl groups is 1. The van der Waals surface area contributed by atoms with Crippen molar-refractivity contribution in [2.75, 3.05) is 0 Å². The van der Waals surface area contributed by atoms with Crippen LogP contribution in [0.15, 0.2) is 12.4 Å². The molecule has 0 aliphatic heterocycles. The minimum Gasteiger partial charge on any atom is -0.387 e. The third-order valence-corrected chi connectivity index (χ3v) is 4.66. The number of aromatic nitrogens is 2. The Kier molecular flexibility index (Phi) is 4.19. The van der Waals surface area contributed by atoms with Crippen LogP contribution in [-0.2, 0) is 6.54 Å². The van der Waals surface area contributed by atoms with Crippen LogP contribution >= 0.6 is 0 Å². The van der Waals surface area contributed by atoms with Crippen molar-refractivity contribution in [2.24, 2.45) is 10.8 Å². The molecule has 1 atom stereocenters. The summed E-state index contributed by atoms with van der Waals surface area (Å²) in [4.78, 5) is 0. The minimum atomic E-state index is -0.728. The average Bonchev–Trinajstić information content (AvgIpc) is 2.88. The predicted molar refractivity (Wildman–Crippen MR) is 77.8 cm³/mol. The zero-order chi connectivity index (χ0) is 14.8. The van der Waals surface area contributed by atoms with Crippen molar-refractivity contribution < 1.29 is 5.11 Å². The van der Waals surface area contributed by atoms with Gasteiger partial charge in [0.15, 0.2) is 0 Å². The molecule has 4 nitrogen and oxygen atoms in total. The molecule has 1 aromatic heterocycles. The Bertz CT molecular complexity index is 488. The number of hydrogen-bond donors (Lipinski definition) is 1. The van der Waals surface area contributed by atoms with Crippen molar-refractivity contribution in [2.45, 2.75) is 65.5 Å². The molecule has 1 N–H and O–H groups in total. The maximum absolute atomic E-state index is 10.7. The van der Waals surface area contributed by atoms with Gasteiger partial charge in [0.25, 0.3) is 0 Å². The van der Waals surface area contributed by atoms with Gasteiger partial charge in [-0.05, 0) is 37.5 Å². The van der Waals surface area contributed by atoms with E-state index in [0.717, 1.165) is 44.2 Å². The smallest absolute Gasteiger partial charge is 0.101 e. The first-order valence-electron chi connectivity index (χ1n) is 7.54. The van der Waals surface area contributed by atoms with Crippen LogP contribution in [0, 0.1) is 22.2 Å². The van der Waals surface area contributed by atoms with Gasteiger partial charge in [-0.25, -0.2) is 0 Å². The van der Waals surface area contributed by atoms with Crippen LogP contribution in [0.25, 0.3) is 0 Å². The molecule has 0 saturated heterocycles. The van der Waals surface area contributed by atoms with Crippen molar-refractivity contribution in [3.8, 4) is 6.07 Å². The normalized spacial score (nSPS) is 22.1. The van der Waals surface area contributed by atoms with E-state index in [1.165, 1.54) is 0 Å². The van der Waals surface area contributed by atoms with E-state index in [-0.39, 0.29) is 5.41 Å². The molecule has 20 heavy (non-hydrogen) atoms. The van der Waals surface area contributed by atoms with Crippen LogP contribution in [0.1, 0.15) is 64.5 Å². The Balaban J connectivity index is 2.17. The highest BCUT2D eigenvalue weighted by Crippen LogP contribution is 2.50. The molecule has 0 bridgehead atoms. The monoisotopic (exact) mass is 275 g/mol. The number of nitriles is 1. The molecule has 4 heteroatoms. The third-order valence-electron chi connectivity index (χ3n) is 4.66. The van der Waals surface area contributed by atoms with Crippen molar-refractivity contribution in [1.29, 1.82) is 5.26 Å². The van der Waals surface area contributed by atoms with Gasteiger partial charge in [-0.3, -0.25) is 4.68 Å². The Morgan fingerprint density at radius 2 is 2.05 bits per heavy atom. The lowest BCUT2D eigenvalue weighted by Gasteiger charge is -2.41. The fraction of sp³-hybridized carbons (Fsp3) is 0.750. The van der Waals surface area contributed by atoms with Crippen LogP contribution in [0.4, 0.5) is 0 Å². The molecule has 1 saturated carbocycles. The van der Waals surface area contributed by atoms with Gasteiger partial charge in [-0.1, -0.05) is 20.8 Å². The fourth-order valence-corrected chi connectivity index (χ4v) is 3.01. The quantitative estimate of drug-likeness (QED) is 0.915. The largest absolute Gasteiger partial charge is 0.387 e. The van der Waals surface area contributed by atoms with Crippen molar-refractivity contribution in [3.05, 3.63) is 18.0 Å². The van der Waals surface area contributed by atoms with Gasteiger partial charge in [0, 0.05) is 18.3 Å². The number of aryl methyl sites for hydroxylation is 1. The first kappa shape index (κ1) is 15.1. The first-order chi connectivity index (χ1) is 9.42. The third kappa shape index (κ3) is 2.88. The summed E-state index contributed by atoms with van der Waals surface area (Å²) in [6.07, 6.45) is 7.37. The molecule has 1 heterocycles. The molecule has 0 aromatic carbocycles. The molecule has 1 fully saturated rings. The summed E-state index contributed by atoms with van der Waals surface area (Å²) in [5.41, 5.74) is 0.418. The second-order valence-electron chi connectivity index (χ2n) is 6.87. The number of hydrogen-bond acceptors (Lipinski definition) is 3. The van der Waals surface area contributed by atoms with Crippen molar-refractivity contribution in [3.63, 3.8) is 0 Å². The summed E-state index contributed by atoms with van der Waals surface area (Å²) in [6, 6.07) is 2.41. The lowest BCUT2D eigenvalue weighted by atomic mass is 9.63. The van der Waals surface area contributed by atoms with Gasteiger partial charge in [-0.2, -0.15) is 10.4 Å². The number of aliphatic hydroxyl groups excluding tert-OH is 1. The second kappa shape index (κ2) is 5.57. The summed E-state index contributed by atoms with van der Waals surface area (Å²) in [5.74, 6) is 0. The molecule has 0 amide bonds. The maximum Gasteiger partial charge on any atom is 0.101 e. The van der Waals surface area contributed by atoms with Crippen molar-refractivity contribution >= 4 is 0 Å². The zero-order valence-corrected chi connectivity index (χ0v) is 12.8. The SMILES string of the molecule is CCCn1cc(C(O)C2(C#N)CCC(C)(C)CC2)cn1. The Morgan fingerprint density at radius 1 is 1.40 bits per heavy atom. The minimum absolute atomic E-state index is 0.284. The van der Waals surface area contributed by atoms with E-state index >= 15 is 0 Å². The first-order valence-corrected chi connectivity index (χ1v) is 7.54. The molecule has 1 aliphatic rings. The van der Waals surface area contributed by atoms with E-state index in [4.69, 9.17) is 0 Å². The lowest BCUT2D eigenvalue weighted by molar-refractivity contribution is 0.00950. The summed E-state index contributed by atoms with van der Waals surface area (Å²) >= 11 is 0. The van der Waals surface area contributed by atoms with E-state index in [1.54, 1.807) is 6.20 Å². The molecule has 110 valence electrons. The molecule has 1 aromatic rings. The standard InChI is InChI=1S/C16H25N3O/c1-4-9-19-11-13(10-18-19)14(20)16(12-17)7-5-15(2,3)6-8-16/h10-11,14,20H,4-9H2,1-3H3. The number of rotatable bonds is 4. The topological polar surface area (TPSA) is 61.8 Å². The highest BCUT2D eigenvalue weighted by molar-refractivity contribution is 5.19. The lowest BCUT2D eigenvalue weighted by Crippen LogP contribution is -2.35. The summed E-state index contributed by atoms with van der Waals surface area (Å²) in [7, 11) is 0. The van der Waals surface area contributed by atoms with Gasteiger partial charge in [0.05, 0.1) is 17.7 Å². The van der Waals surface area contributed by atoms with Gasteiger partial charge in [0.2, 0.25) is 0 Å². The van der Waals surface area contributed by atoms with Crippen LogP contribution in [0.3, 0.4) is 0 Å². The van der Waals surface area contributed by atoms with Crippen molar-refractivity contribution in [1.82, 2.24) is 9.78 Å².